The van der Waals surface area contributed by atoms with Crippen molar-refractivity contribution in [2.24, 2.45) is 0 Å². The number of carboxylic acids is 1. The van der Waals surface area contributed by atoms with Crippen molar-refractivity contribution < 1.29 is 24.2 Å². The highest BCUT2D eigenvalue weighted by molar-refractivity contribution is 5.84. The van der Waals surface area contributed by atoms with Gasteiger partial charge in [-0.2, -0.15) is 0 Å². The van der Waals surface area contributed by atoms with Gasteiger partial charge in [0.2, 0.25) is 5.76 Å². The summed E-state index contributed by atoms with van der Waals surface area (Å²) in [7, 11) is 0. The van der Waals surface area contributed by atoms with Crippen LogP contribution in [0.5, 0.6) is 0 Å². The SMILES string of the molecule is O=C(O)c1ccc(CNC(=O)N(CCO)C2CCC2)o1. The summed E-state index contributed by atoms with van der Waals surface area (Å²) in [5.41, 5.74) is 0. The van der Waals surface area contributed by atoms with Crippen LogP contribution >= 0.6 is 0 Å². The van der Waals surface area contributed by atoms with E-state index < -0.39 is 5.97 Å². The molecule has 0 bridgehead atoms. The first-order valence-electron chi connectivity index (χ1n) is 6.59. The maximum atomic E-state index is 12.0. The van der Waals surface area contributed by atoms with Gasteiger partial charge in [0.15, 0.2) is 0 Å². The van der Waals surface area contributed by atoms with Crippen LogP contribution in [0.3, 0.4) is 0 Å². The Kier molecular flexibility index (Phi) is 4.62. The number of furan rings is 1. The van der Waals surface area contributed by atoms with E-state index in [4.69, 9.17) is 14.6 Å². The molecule has 20 heavy (non-hydrogen) atoms. The summed E-state index contributed by atoms with van der Waals surface area (Å²) < 4.78 is 5.05. The second kappa shape index (κ2) is 6.42. The van der Waals surface area contributed by atoms with Crippen molar-refractivity contribution in [1.82, 2.24) is 10.2 Å². The third-order valence-corrected chi connectivity index (χ3v) is 3.40. The summed E-state index contributed by atoms with van der Waals surface area (Å²) in [6.07, 6.45) is 3.01. The van der Waals surface area contributed by atoms with Crippen molar-refractivity contribution in [3.05, 3.63) is 23.7 Å². The first-order valence-corrected chi connectivity index (χ1v) is 6.59. The van der Waals surface area contributed by atoms with E-state index in [0.29, 0.717) is 12.3 Å². The third-order valence-electron chi connectivity index (χ3n) is 3.40. The smallest absolute Gasteiger partial charge is 0.371 e. The number of aromatic carboxylic acids is 1. The molecule has 0 unspecified atom stereocenters. The number of amides is 2. The van der Waals surface area contributed by atoms with Crippen LogP contribution in [-0.4, -0.2) is 46.3 Å². The molecule has 0 spiro atoms. The Bertz CT molecular complexity index is 481. The molecule has 1 aliphatic carbocycles. The fraction of sp³-hybridized carbons (Fsp3) is 0.538. The Hall–Kier alpha value is -2.02. The molecule has 0 aromatic carbocycles. The van der Waals surface area contributed by atoms with Crippen LogP contribution in [-0.2, 0) is 6.54 Å². The van der Waals surface area contributed by atoms with E-state index in [-0.39, 0.29) is 31.0 Å². The van der Waals surface area contributed by atoms with Gasteiger partial charge in [0.25, 0.3) is 0 Å². The van der Waals surface area contributed by atoms with Crippen molar-refractivity contribution in [1.29, 1.82) is 0 Å². The van der Waals surface area contributed by atoms with Gasteiger partial charge < -0.3 is 24.8 Å². The normalized spacial score (nSPS) is 14.7. The van der Waals surface area contributed by atoms with Crippen molar-refractivity contribution >= 4 is 12.0 Å². The molecule has 0 radical (unpaired) electrons. The number of hydrogen-bond donors (Lipinski definition) is 3. The molecule has 0 saturated heterocycles. The maximum Gasteiger partial charge on any atom is 0.371 e. The van der Waals surface area contributed by atoms with Gasteiger partial charge in [0.05, 0.1) is 13.2 Å². The molecule has 2 amide bonds. The molecule has 1 aliphatic rings. The third kappa shape index (κ3) is 3.30. The number of carbonyl (C=O) groups excluding carboxylic acids is 1. The number of carboxylic acid groups (broad SMARTS) is 1. The van der Waals surface area contributed by atoms with Crippen LogP contribution in [0.1, 0.15) is 35.6 Å². The van der Waals surface area contributed by atoms with Gasteiger partial charge in [-0.15, -0.1) is 0 Å². The lowest BCUT2D eigenvalue weighted by atomic mass is 9.92. The van der Waals surface area contributed by atoms with Crippen LogP contribution in [0.25, 0.3) is 0 Å². The van der Waals surface area contributed by atoms with Crippen LogP contribution < -0.4 is 5.32 Å². The van der Waals surface area contributed by atoms with E-state index in [2.05, 4.69) is 5.32 Å². The van der Waals surface area contributed by atoms with E-state index in [1.807, 2.05) is 0 Å². The van der Waals surface area contributed by atoms with Gasteiger partial charge in [-0.1, -0.05) is 0 Å². The largest absolute Gasteiger partial charge is 0.475 e. The number of carbonyl (C=O) groups is 2. The maximum absolute atomic E-state index is 12.0. The van der Waals surface area contributed by atoms with Gasteiger partial charge in [-0.25, -0.2) is 9.59 Å². The highest BCUT2D eigenvalue weighted by atomic mass is 16.4. The van der Waals surface area contributed by atoms with Gasteiger partial charge in [0.1, 0.15) is 5.76 Å². The van der Waals surface area contributed by atoms with Gasteiger partial charge >= 0.3 is 12.0 Å². The molecule has 110 valence electrons. The quantitative estimate of drug-likeness (QED) is 0.723. The van der Waals surface area contributed by atoms with Crippen molar-refractivity contribution in [3.8, 4) is 0 Å². The number of nitrogens with zero attached hydrogens (tertiary/aromatic N) is 1. The molecule has 7 nitrogen and oxygen atoms in total. The Morgan fingerprint density at radius 2 is 2.15 bits per heavy atom. The monoisotopic (exact) mass is 282 g/mol. The molecule has 1 aromatic heterocycles. The summed E-state index contributed by atoms with van der Waals surface area (Å²) in [6.45, 7) is 0.351. The summed E-state index contributed by atoms with van der Waals surface area (Å²) >= 11 is 0. The predicted molar refractivity (Wildman–Crippen MR) is 69.3 cm³/mol. The first-order chi connectivity index (χ1) is 9.61. The fourth-order valence-corrected chi connectivity index (χ4v) is 2.11. The number of aliphatic hydroxyl groups is 1. The summed E-state index contributed by atoms with van der Waals surface area (Å²) in [5.74, 6) is -0.910. The second-order valence-corrected chi connectivity index (χ2v) is 4.73. The minimum Gasteiger partial charge on any atom is -0.475 e. The molecule has 0 atom stereocenters. The number of rotatable bonds is 6. The Labute approximate surface area is 116 Å². The summed E-state index contributed by atoms with van der Waals surface area (Å²) in [5, 5.41) is 20.4. The first kappa shape index (κ1) is 14.4. The van der Waals surface area contributed by atoms with Crippen LogP contribution in [0.2, 0.25) is 0 Å². The van der Waals surface area contributed by atoms with Crippen molar-refractivity contribution in [2.75, 3.05) is 13.2 Å². The lowest BCUT2D eigenvalue weighted by Crippen LogP contribution is -2.49. The minimum atomic E-state index is -1.14. The molecule has 0 aliphatic heterocycles. The molecular weight excluding hydrogens is 264 g/mol. The topological polar surface area (TPSA) is 103 Å². The Morgan fingerprint density at radius 3 is 2.65 bits per heavy atom. The minimum absolute atomic E-state index is 0.0756. The lowest BCUT2D eigenvalue weighted by molar-refractivity contribution is 0.0660. The van der Waals surface area contributed by atoms with Gasteiger partial charge in [0, 0.05) is 12.6 Å². The zero-order valence-corrected chi connectivity index (χ0v) is 11.0. The van der Waals surface area contributed by atoms with Crippen LogP contribution in [0.4, 0.5) is 4.79 Å². The van der Waals surface area contributed by atoms with Gasteiger partial charge in [-0.3, -0.25) is 0 Å². The van der Waals surface area contributed by atoms with Crippen molar-refractivity contribution in [3.63, 3.8) is 0 Å². The average molecular weight is 282 g/mol. The van der Waals surface area contributed by atoms with E-state index in [0.717, 1.165) is 19.3 Å². The predicted octanol–water partition coefficient (Wildman–Crippen LogP) is 1.03. The molecular formula is C13H18N2O5. The number of aliphatic hydroxyl groups excluding tert-OH is 1. The van der Waals surface area contributed by atoms with E-state index in [1.165, 1.54) is 12.1 Å². The van der Waals surface area contributed by atoms with Gasteiger partial charge in [-0.05, 0) is 31.4 Å². The summed E-state index contributed by atoms with van der Waals surface area (Å²) in [6, 6.07) is 2.79. The number of nitrogens with one attached hydrogen (secondary N) is 1. The molecule has 1 aromatic rings. The zero-order chi connectivity index (χ0) is 14.5. The molecule has 7 heteroatoms. The number of urea groups is 1. The van der Waals surface area contributed by atoms with Crippen LogP contribution in [0.15, 0.2) is 16.5 Å². The van der Waals surface area contributed by atoms with Crippen LogP contribution in [0, 0.1) is 0 Å². The standard InChI is InChI=1S/C13H18N2O5/c16-7-6-15(9-2-1-3-9)13(19)14-8-10-4-5-11(20-10)12(17)18/h4-5,9,16H,1-3,6-8H2,(H,14,19)(H,17,18). The molecule has 1 saturated carbocycles. The van der Waals surface area contributed by atoms with E-state index in [9.17, 15) is 9.59 Å². The summed E-state index contributed by atoms with van der Waals surface area (Å²) in [4.78, 5) is 24.3. The van der Waals surface area contributed by atoms with E-state index >= 15 is 0 Å². The Balaban J connectivity index is 1.87. The Morgan fingerprint density at radius 1 is 1.40 bits per heavy atom. The molecule has 1 heterocycles. The fourth-order valence-electron chi connectivity index (χ4n) is 2.11. The average Bonchev–Trinajstić information content (AvgIpc) is 2.82. The zero-order valence-electron chi connectivity index (χ0n) is 11.0. The molecule has 3 N–H and O–H groups in total. The lowest BCUT2D eigenvalue weighted by Gasteiger charge is -2.37. The van der Waals surface area contributed by atoms with E-state index in [1.54, 1.807) is 4.90 Å². The van der Waals surface area contributed by atoms with Crippen molar-refractivity contribution in [2.45, 2.75) is 31.8 Å². The molecule has 2 rings (SSSR count). The highest BCUT2D eigenvalue weighted by Crippen LogP contribution is 2.24. The molecule has 1 fully saturated rings. The number of hydrogen-bond acceptors (Lipinski definition) is 4. The second-order valence-electron chi connectivity index (χ2n) is 4.73. The highest BCUT2D eigenvalue weighted by Gasteiger charge is 2.28.